The van der Waals surface area contributed by atoms with Crippen LogP contribution in [-0.2, 0) is 10.2 Å². The molecule has 0 unspecified atom stereocenters. The summed E-state index contributed by atoms with van der Waals surface area (Å²) in [6.07, 6.45) is 3.57. The molecule has 1 aliphatic carbocycles. The van der Waals surface area contributed by atoms with E-state index < -0.39 is 5.41 Å². The van der Waals surface area contributed by atoms with E-state index in [1.54, 1.807) is 0 Å². The highest BCUT2D eigenvalue weighted by Crippen LogP contribution is 2.45. The van der Waals surface area contributed by atoms with Gasteiger partial charge in [-0.3, -0.25) is 4.79 Å². The molecule has 1 aliphatic heterocycles. The lowest BCUT2D eigenvalue weighted by Gasteiger charge is -2.40. The van der Waals surface area contributed by atoms with Gasteiger partial charge in [-0.2, -0.15) is 0 Å². The zero-order valence-electron chi connectivity index (χ0n) is 13.9. The first-order valence-electron chi connectivity index (χ1n) is 8.65. The van der Waals surface area contributed by atoms with E-state index in [2.05, 4.69) is 5.32 Å². The predicted octanol–water partition coefficient (Wildman–Crippen LogP) is 4.56. The summed E-state index contributed by atoms with van der Waals surface area (Å²) in [5.41, 5.74) is 1.22. The summed E-state index contributed by atoms with van der Waals surface area (Å²) in [6.45, 7) is 1.27. The third-order valence-corrected chi connectivity index (χ3v) is 5.26. The molecule has 0 aromatic heterocycles. The number of nitrogens with one attached hydrogen (secondary N) is 1. The molecule has 0 spiro atoms. The lowest BCUT2D eigenvalue weighted by Crippen LogP contribution is -2.46. The minimum atomic E-state index is -0.491. The van der Waals surface area contributed by atoms with Crippen LogP contribution in [0.3, 0.4) is 0 Å². The lowest BCUT2D eigenvalue weighted by atomic mass is 9.64. The fraction of sp³-hybridized carbons (Fsp3) is 0.350. The monoisotopic (exact) mass is 357 g/mol. The van der Waals surface area contributed by atoms with Gasteiger partial charge in [-0.1, -0.05) is 30.2 Å². The molecular formula is C20H20ClNO3. The maximum atomic E-state index is 13.0. The van der Waals surface area contributed by atoms with E-state index in [4.69, 9.17) is 21.1 Å². The normalized spacial score (nSPS) is 18.0. The quantitative estimate of drug-likeness (QED) is 0.875. The van der Waals surface area contributed by atoms with E-state index in [1.807, 2.05) is 42.5 Å². The van der Waals surface area contributed by atoms with Crippen molar-refractivity contribution in [2.75, 3.05) is 18.5 Å². The summed E-state index contributed by atoms with van der Waals surface area (Å²) in [4.78, 5) is 13.0. The van der Waals surface area contributed by atoms with Gasteiger partial charge >= 0.3 is 0 Å². The fourth-order valence-corrected chi connectivity index (χ4v) is 3.65. The Bertz CT molecular complexity index is 801. The van der Waals surface area contributed by atoms with Crippen molar-refractivity contribution in [3.63, 3.8) is 0 Å². The first-order valence-corrected chi connectivity index (χ1v) is 9.02. The molecule has 0 atom stereocenters. The third-order valence-electron chi connectivity index (χ3n) is 5.02. The highest BCUT2D eigenvalue weighted by molar-refractivity contribution is 6.30. The largest absolute Gasteiger partial charge is 0.490 e. The van der Waals surface area contributed by atoms with E-state index in [9.17, 15) is 4.79 Å². The number of fused-ring (bicyclic) bond motifs is 1. The van der Waals surface area contributed by atoms with Gasteiger partial charge in [-0.25, -0.2) is 0 Å². The van der Waals surface area contributed by atoms with E-state index in [1.165, 1.54) is 0 Å². The van der Waals surface area contributed by atoms with Crippen molar-refractivity contribution in [3.8, 4) is 11.5 Å². The smallest absolute Gasteiger partial charge is 0.235 e. The molecule has 1 saturated carbocycles. The molecule has 2 aromatic carbocycles. The standard InChI is InChI=1S/C20H20ClNO3/c21-15-5-1-4-14(12-15)20(8-2-9-20)19(23)22-16-6-7-17-18(13-16)25-11-3-10-24-17/h1,4-7,12-13H,2-3,8-11H2,(H,22,23). The second-order valence-electron chi connectivity index (χ2n) is 6.61. The summed E-state index contributed by atoms with van der Waals surface area (Å²) in [5.74, 6) is 1.42. The van der Waals surface area contributed by atoms with Gasteiger partial charge in [-0.05, 0) is 42.7 Å². The Hall–Kier alpha value is -2.20. The number of ether oxygens (including phenoxy) is 2. The minimum absolute atomic E-state index is 0.00973. The zero-order chi connectivity index (χ0) is 17.3. The molecule has 0 radical (unpaired) electrons. The Balaban J connectivity index is 1.58. The Morgan fingerprint density at radius 2 is 1.80 bits per heavy atom. The van der Waals surface area contributed by atoms with Crippen LogP contribution in [0.4, 0.5) is 5.69 Å². The van der Waals surface area contributed by atoms with Gasteiger partial charge < -0.3 is 14.8 Å². The van der Waals surface area contributed by atoms with Gasteiger partial charge in [0.25, 0.3) is 0 Å². The summed E-state index contributed by atoms with van der Waals surface area (Å²) in [5, 5.41) is 3.71. The Labute approximate surface area is 152 Å². The fourth-order valence-electron chi connectivity index (χ4n) is 3.46. The first kappa shape index (κ1) is 16.3. The van der Waals surface area contributed by atoms with E-state index in [0.717, 1.165) is 42.7 Å². The maximum absolute atomic E-state index is 13.0. The minimum Gasteiger partial charge on any atom is -0.490 e. The van der Waals surface area contributed by atoms with Crippen molar-refractivity contribution in [3.05, 3.63) is 53.1 Å². The molecule has 4 nitrogen and oxygen atoms in total. The number of hydrogen-bond donors (Lipinski definition) is 1. The Kier molecular flexibility index (Phi) is 4.30. The predicted molar refractivity (Wildman–Crippen MR) is 97.7 cm³/mol. The van der Waals surface area contributed by atoms with E-state index in [0.29, 0.717) is 24.0 Å². The Morgan fingerprint density at radius 1 is 1.00 bits per heavy atom. The van der Waals surface area contributed by atoms with Crippen LogP contribution in [-0.4, -0.2) is 19.1 Å². The summed E-state index contributed by atoms with van der Waals surface area (Å²) in [6, 6.07) is 13.2. The molecule has 0 saturated heterocycles. The van der Waals surface area contributed by atoms with Crippen LogP contribution in [0.5, 0.6) is 11.5 Å². The summed E-state index contributed by atoms with van der Waals surface area (Å²) < 4.78 is 11.3. The highest BCUT2D eigenvalue weighted by Gasteiger charge is 2.45. The van der Waals surface area contributed by atoms with Crippen LogP contribution in [0.2, 0.25) is 5.02 Å². The van der Waals surface area contributed by atoms with Crippen LogP contribution in [0, 0.1) is 0 Å². The first-order chi connectivity index (χ1) is 12.2. The molecule has 2 aromatic rings. The topological polar surface area (TPSA) is 47.6 Å². The van der Waals surface area contributed by atoms with Gasteiger partial charge in [-0.15, -0.1) is 0 Å². The van der Waals surface area contributed by atoms with Crippen molar-refractivity contribution in [2.24, 2.45) is 0 Å². The molecule has 130 valence electrons. The molecule has 5 heteroatoms. The molecule has 0 bridgehead atoms. The van der Waals surface area contributed by atoms with Gasteiger partial charge in [0, 0.05) is 23.2 Å². The third kappa shape index (κ3) is 3.07. The van der Waals surface area contributed by atoms with E-state index >= 15 is 0 Å². The second-order valence-corrected chi connectivity index (χ2v) is 7.05. The van der Waals surface area contributed by atoms with Gasteiger partial charge in [0.2, 0.25) is 5.91 Å². The highest BCUT2D eigenvalue weighted by atomic mass is 35.5. The van der Waals surface area contributed by atoms with Crippen LogP contribution in [0.15, 0.2) is 42.5 Å². The molecule has 4 rings (SSSR count). The van der Waals surface area contributed by atoms with Gasteiger partial charge in [0.1, 0.15) is 0 Å². The van der Waals surface area contributed by atoms with Crippen molar-refractivity contribution < 1.29 is 14.3 Å². The van der Waals surface area contributed by atoms with Crippen molar-refractivity contribution in [1.82, 2.24) is 0 Å². The molecule has 25 heavy (non-hydrogen) atoms. The van der Waals surface area contributed by atoms with Gasteiger partial charge in [0.05, 0.1) is 18.6 Å². The van der Waals surface area contributed by atoms with Crippen molar-refractivity contribution in [1.29, 1.82) is 0 Å². The van der Waals surface area contributed by atoms with Crippen molar-refractivity contribution >= 4 is 23.2 Å². The average molecular weight is 358 g/mol. The second kappa shape index (κ2) is 6.60. The van der Waals surface area contributed by atoms with E-state index in [-0.39, 0.29) is 5.91 Å². The number of carbonyl (C=O) groups is 1. The Morgan fingerprint density at radius 3 is 2.52 bits per heavy atom. The van der Waals surface area contributed by atoms with Crippen LogP contribution < -0.4 is 14.8 Å². The SMILES string of the molecule is O=C(Nc1ccc2c(c1)OCCCO2)C1(c2cccc(Cl)c2)CCC1. The molecule has 1 fully saturated rings. The van der Waals surface area contributed by atoms with Gasteiger partial charge in [0.15, 0.2) is 11.5 Å². The number of hydrogen-bond acceptors (Lipinski definition) is 3. The number of rotatable bonds is 3. The average Bonchev–Trinajstić information content (AvgIpc) is 2.79. The zero-order valence-corrected chi connectivity index (χ0v) is 14.6. The summed E-state index contributed by atoms with van der Waals surface area (Å²) >= 11 is 6.13. The maximum Gasteiger partial charge on any atom is 0.235 e. The molecule has 1 amide bonds. The number of benzene rings is 2. The molecular weight excluding hydrogens is 338 g/mol. The lowest BCUT2D eigenvalue weighted by molar-refractivity contribution is -0.124. The summed E-state index contributed by atoms with van der Waals surface area (Å²) in [7, 11) is 0. The molecule has 2 aliphatic rings. The number of amides is 1. The molecule has 1 heterocycles. The number of carbonyl (C=O) groups excluding carboxylic acids is 1. The molecule has 1 N–H and O–H groups in total. The van der Waals surface area contributed by atoms with Crippen molar-refractivity contribution in [2.45, 2.75) is 31.1 Å². The van der Waals surface area contributed by atoms with Crippen LogP contribution >= 0.6 is 11.6 Å². The number of halogens is 1. The number of anilines is 1. The van der Waals surface area contributed by atoms with Crippen LogP contribution in [0.1, 0.15) is 31.2 Å². The van der Waals surface area contributed by atoms with Crippen LogP contribution in [0.25, 0.3) is 0 Å².